The third-order valence-corrected chi connectivity index (χ3v) is 7.42. The molecule has 2 unspecified atom stereocenters. The van der Waals surface area contributed by atoms with Crippen LogP contribution in [0.25, 0.3) is 11.0 Å². The molecule has 1 amide bonds. The number of aromatic amines is 1. The molecule has 4 rings (SSSR count). The maximum Gasteiger partial charge on any atom is 0.410 e. The van der Waals surface area contributed by atoms with Crippen LogP contribution in [-0.2, 0) is 19.7 Å². The molecule has 1 aliphatic heterocycles. The van der Waals surface area contributed by atoms with Gasteiger partial charge in [-0.1, -0.05) is 6.07 Å². The van der Waals surface area contributed by atoms with Crippen LogP contribution in [0.3, 0.4) is 0 Å². The van der Waals surface area contributed by atoms with Crippen LogP contribution in [0.15, 0.2) is 12.1 Å². The summed E-state index contributed by atoms with van der Waals surface area (Å²) in [5.41, 5.74) is 3.78. The molecule has 2 aromatic rings. The molecule has 1 saturated carbocycles. The van der Waals surface area contributed by atoms with E-state index in [1.165, 1.54) is 11.0 Å². The molecule has 39 heavy (non-hydrogen) atoms. The standard InChI is InChI=1S/C28H39F3N4O4/c1-25(2,3)38-23(36)27(13-14-35(15-27)24(37)39-26(4,5)6)17-7-8-18-21(19(17)29)34-22(33-18)20(32)16-9-11-28(30,31)12-10-16/h7-8,16,20H,9-15,32H2,1-6H3,(H,33,34). The van der Waals surface area contributed by atoms with Gasteiger partial charge in [-0.25, -0.2) is 22.9 Å². The van der Waals surface area contributed by atoms with Crippen LogP contribution in [0.2, 0.25) is 0 Å². The number of H-pyrrole nitrogens is 1. The summed E-state index contributed by atoms with van der Waals surface area (Å²) in [5, 5.41) is 0. The van der Waals surface area contributed by atoms with Crippen molar-refractivity contribution in [3.05, 3.63) is 29.3 Å². The van der Waals surface area contributed by atoms with Gasteiger partial charge in [0.05, 0.1) is 11.6 Å². The topological polar surface area (TPSA) is 111 Å². The number of ether oxygens (including phenoxy) is 2. The summed E-state index contributed by atoms with van der Waals surface area (Å²) < 4.78 is 54.7. The van der Waals surface area contributed by atoms with Crippen LogP contribution in [0.4, 0.5) is 18.0 Å². The zero-order valence-electron chi connectivity index (χ0n) is 23.5. The van der Waals surface area contributed by atoms with E-state index >= 15 is 4.39 Å². The SMILES string of the molecule is CC(C)(C)OC(=O)N1CCC(C(=O)OC(C)(C)C)(c2ccc3[nH]c(C(N)C4CCC(F)(F)CC4)nc3c2F)C1. The van der Waals surface area contributed by atoms with Crippen molar-refractivity contribution in [2.45, 2.75) is 102 Å². The fraction of sp³-hybridized carbons (Fsp3) is 0.679. The number of fused-ring (bicyclic) bond motifs is 1. The van der Waals surface area contributed by atoms with E-state index < -0.39 is 46.5 Å². The highest BCUT2D eigenvalue weighted by Gasteiger charge is 2.52. The number of benzene rings is 1. The van der Waals surface area contributed by atoms with E-state index in [0.29, 0.717) is 11.3 Å². The highest BCUT2D eigenvalue weighted by Crippen LogP contribution is 2.42. The minimum atomic E-state index is -2.68. The largest absolute Gasteiger partial charge is 0.459 e. The molecule has 1 aromatic carbocycles. The number of carbonyl (C=O) groups is 2. The van der Waals surface area contributed by atoms with Gasteiger partial charge < -0.3 is 25.1 Å². The second-order valence-corrected chi connectivity index (χ2v) is 12.9. The molecule has 8 nitrogen and oxygen atoms in total. The normalized spacial score (nSPS) is 23.2. The number of likely N-dealkylation sites (tertiary alicyclic amines) is 1. The van der Waals surface area contributed by atoms with Gasteiger partial charge in [-0.15, -0.1) is 0 Å². The first-order chi connectivity index (χ1) is 17.9. The lowest BCUT2D eigenvalue weighted by molar-refractivity contribution is -0.161. The number of rotatable bonds is 4. The van der Waals surface area contributed by atoms with E-state index in [9.17, 15) is 18.4 Å². The number of nitrogens with two attached hydrogens (primary N) is 1. The van der Waals surface area contributed by atoms with Crippen molar-refractivity contribution in [1.82, 2.24) is 14.9 Å². The van der Waals surface area contributed by atoms with Crippen molar-refractivity contribution in [2.75, 3.05) is 13.1 Å². The Kier molecular flexibility index (Phi) is 7.46. The molecular weight excluding hydrogens is 513 g/mol. The predicted molar refractivity (Wildman–Crippen MR) is 140 cm³/mol. The number of nitrogens with zero attached hydrogens (tertiary/aromatic N) is 2. The molecule has 3 N–H and O–H groups in total. The van der Waals surface area contributed by atoms with E-state index in [1.807, 2.05) is 0 Å². The molecule has 0 bridgehead atoms. The number of esters is 1. The Hall–Kier alpha value is -2.82. The van der Waals surface area contributed by atoms with Crippen molar-refractivity contribution >= 4 is 23.1 Å². The van der Waals surface area contributed by atoms with Crippen molar-refractivity contribution in [1.29, 1.82) is 0 Å². The molecule has 2 heterocycles. The van der Waals surface area contributed by atoms with Crippen LogP contribution in [0.5, 0.6) is 0 Å². The Morgan fingerprint density at radius 3 is 2.28 bits per heavy atom. The van der Waals surface area contributed by atoms with Gasteiger partial charge in [-0.2, -0.15) is 0 Å². The summed E-state index contributed by atoms with van der Waals surface area (Å²) >= 11 is 0. The van der Waals surface area contributed by atoms with Gasteiger partial charge >= 0.3 is 12.1 Å². The highest BCUT2D eigenvalue weighted by molar-refractivity contribution is 5.88. The maximum atomic E-state index is 16.2. The number of halogens is 3. The second-order valence-electron chi connectivity index (χ2n) is 12.9. The zero-order chi connectivity index (χ0) is 29.0. The smallest absolute Gasteiger partial charge is 0.410 e. The monoisotopic (exact) mass is 552 g/mol. The summed E-state index contributed by atoms with van der Waals surface area (Å²) in [7, 11) is 0. The summed E-state index contributed by atoms with van der Waals surface area (Å²) in [6.07, 6.45) is -0.438. The molecule has 0 spiro atoms. The van der Waals surface area contributed by atoms with E-state index in [0.717, 1.165) is 0 Å². The van der Waals surface area contributed by atoms with Gasteiger partial charge in [0.1, 0.15) is 28.0 Å². The number of carbonyl (C=O) groups excluding carboxylic acids is 2. The number of amides is 1. The molecule has 1 aliphatic carbocycles. The molecular formula is C28H39F3N4O4. The third-order valence-electron chi connectivity index (χ3n) is 7.42. The minimum Gasteiger partial charge on any atom is -0.459 e. The van der Waals surface area contributed by atoms with E-state index in [1.54, 1.807) is 47.6 Å². The molecule has 2 fully saturated rings. The summed E-state index contributed by atoms with van der Waals surface area (Å²) in [6.45, 7) is 10.5. The van der Waals surface area contributed by atoms with Crippen LogP contribution < -0.4 is 5.73 Å². The number of nitrogens with one attached hydrogen (secondary N) is 1. The number of hydrogen-bond donors (Lipinski definition) is 2. The second kappa shape index (κ2) is 9.98. The molecule has 1 saturated heterocycles. The van der Waals surface area contributed by atoms with Crippen LogP contribution in [0, 0.1) is 11.7 Å². The number of imidazole rings is 1. The summed E-state index contributed by atoms with van der Waals surface area (Å²) in [5.74, 6) is -3.94. The summed E-state index contributed by atoms with van der Waals surface area (Å²) in [4.78, 5) is 35.3. The lowest BCUT2D eigenvalue weighted by Crippen LogP contribution is -2.45. The maximum absolute atomic E-state index is 16.2. The predicted octanol–water partition coefficient (Wildman–Crippen LogP) is 5.75. The zero-order valence-corrected chi connectivity index (χ0v) is 23.5. The lowest BCUT2D eigenvalue weighted by atomic mass is 9.79. The number of aromatic nitrogens is 2. The first-order valence-electron chi connectivity index (χ1n) is 13.4. The van der Waals surface area contributed by atoms with Gasteiger partial charge in [-0.05, 0) is 72.8 Å². The number of hydrogen-bond acceptors (Lipinski definition) is 6. The third kappa shape index (κ3) is 6.18. The average Bonchev–Trinajstić information content (AvgIpc) is 3.43. The number of alkyl halides is 2. The van der Waals surface area contributed by atoms with E-state index in [-0.39, 0.29) is 62.2 Å². The Balaban J connectivity index is 1.69. The van der Waals surface area contributed by atoms with Crippen LogP contribution in [0.1, 0.15) is 91.1 Å². The molecule has 0 radical (unpaired) electrons. The van der Waals surface area contributed by atoms with Gasteiger partial charge in [0.2, 0.25) is 5.92 Å². The van der Waals surface area contributed by atoms with Crippen molar-refractivity contribution in [2.24, 2.45) is 11.7 Å². The van der Waals surface area contributed by atoms with Gasteiger partial charge in [0, 0.05) is 31.5 Å². The quantitative estimate of drug-likeness (QED) is 0.468. The van der Waals surface area contributed by atoms with Gasteiger partial charge in [-0.3, -0.25) is 4.79 Å². The Labute approximate surface area is 226 Å². The van der Waals surface area contributed by atoms with E-state index in [4.69, 9.17) is 15.2 Å². The van der Waals surface area contributed by atoms with Gasteiger partial charge in [0.25, 0.3) is 0 Å². The molecule has 2 aliphatic rings. The van der Waals surface area contributed by atoms with Crippen molar-refractivity contribution in [3.63, 3.8) is 0 Å². The Bertz CT molecular complexity index is 1240. The van der Waals surface area contributed by atoms with Crippen molar-refractivity contribution < 1.29 is 32.2 Å². The van der Waals surface area contributed by atoms with Gasteiger partial charge in [0.15, 0.2) is 5.82 Å². The van der Waals surface area contributed by atoms with E-state index in [2.05, 4.69) is 9.97 Å². The average molecular weight is 553 g/mol. The molecule has 11 heteroatoms. The fourth-order valence-corrected chi connectivity index (χ4v) is 5.40. The first kappa shape index (κ1) is 29.2. The molecule has 2 atom stereocenters. The first-order valence-corrected chi connectivity index (χ1v) is 13.4. The Morgan fingerprint density at radius 2 is 1.69 bits per heavy atom. The highest BCUT2D eigenvalue weighted by atomic mass is 19.3. The minimum absolute atomic E-state index is 0.00209. The molecule has 216 valence electrons. The van der Waals surface area contributed by atoms with Crippen LogP contribution in [-0.4, -0.2) is 57.1 Å². The van der Waals surface area contributed by atoms with Crippen LogP contribution >= 0.6 is 0 Å². The lowest BCUT2D eigenvalue weighted by Gasteiger charge is -2.32. The van der Waals surface area contributed by atoms with Crippen molar-refractivity contribution in [3.8, 4) is 0 Å². The summed E-state index contributed by atoms with van der Waals surface area (Å²) in [6, 6.07) is 2.47. The Morgan fingerprint density at radius 1 is 1.08 bits per heavy atom. The molecule has 1 aromatic heterocycles. The fourth-order valence-electron chi connectivity index (χ4n) is 5.40.